The van der Waals surface area contributed by atoms with Crippen molar-refractivity contribution in [1.82, 2.24) is 4.90 Å². The Balaban J connectivity index is 1.45. The van der Waals surface area contributed by atoms with Crippen molar-refractivity contribution in [3.63, 3.8) is 0 Å². The molecule has 1 fully saturated rings. The lowest BCUT2D eigenvalue weighted by Gasteiger charge is -2.25. The summed E-state index contributed by atoms with van der Waals surface area (Å²) in [4.78, 5) is 21.7. The van der Waals surface area contributed by atoms with Crippen molar-refractivity contribution in [2.45, 2.75) is 27.7 Å². The normalized spacial score (nSPS) is 15.3. The Morgan fingerprint density at radius 3 is 1.84 bits per heavy atom. The van der Waals surface area contributed by atoms with Gasteiger partial charge in [-0.05, 0) is 86.9 Å². The second kappa shape index (κ2) is 10.8. The standard InChI is InChI=1S/C33H31N3O2/c1-5-35-32(37)30(38-33(35)34-31-24(3)20-23(2)21-25(31)4)22-26-16-18-29(19-17-26)36(27-12-8-6-9-13-27)28-14-10-7-11-15-28/h6-22H,5H2,1-4H3/b30-22+,34-33+. The molecule has 5 rings (SSSR count). The minimum atomic E-state index is -0.187. The third kappa shape index (κ3) is 5.09. The lowest BCUT2D eigenvalue weighted by atomic mass is 10.1. The molecular weight excluding hydrogens is 470 g/mol. The fourth-order valence-electron chi connectivity index (χ4n) is 4.79. The Labute approximate surface area is 224 Å². The predicted octanol–water partition coefficient (Wildman–Crippen LogP) is 7.99. The highest BCUT2D eigenvalue weighted by Crippen LogP contribution is 2.34. The summed E-state index contributed by atoms with van der Waals surface area (Å²) in [7, 11) is 0. The molecule has 0 aliphatic carbocycles. The van der Waals surface area contributed by atoms with Crippen LogP contribution in [0.2, 0.25) is 0 Å². The number of carbonyl (C=O) groups is 1. The van der Waals surface area contributed by atoms with Gasteiger partial charge in [-0.15, -0.1) is 0 Å². The van der Waals surface area contributed by atoms with E-state index in [1.807, 2.05) is 69.3 Å². The van der Waals surface area contributed by atoms with Gasteiger partial charge in [0.1, 0.15) is 0 Å². The van der Waals surface area contributed by atoms with Crippen molar-refractivity contribution in [3.05, 3.63) is 125 Å². The molecule has 0 unspecified atom stereocenters. The van der Waals surface area contributed by atoms with Crippen molar-refractivity contribution in [1.29, 1.82) is 0 Å². The largest absolute Gasteiger partial charge is 0.419 e. The van der Waals surface area contributed by atoms with Crippen LogP contribution < -0.4 is 4.90 Å². The number of anilines is 3. The van der Waals surface area contributed by atoms with Gasteiger partial charge in [0.15, 0.2) is 5.76 Å². The van der Waals surface area contributed by atoms with E-state index < -0.39 is 0 Å². The molecule has 0 bridgehead atoms. The van der Waals surface area contributed by atoms with Gasteiger partial charge in [0.25, 0.3) is 5.91 Å². The van der Waals surface area contributed by atoms with Crippen molar-refractivity contribution in [2.75, 3.05) is 11.4 Å². The molecule has 5 nitrogen and oxygen atoms in total. The maximum absolute atomic E-state index is 13.2. The average Bonchev–Trinajstić information content (AvgIpc) is 3.22. The van der Waals surface area contributed by atoms with Gasteiger partial charge in [-0.1, -0.05) is 66.2 Å². The first-order valence-electron chi connectivity index (χ1n) is 12.8. The molecule has 4 aromatic carbocycles. The minimum Gasteiger partial charge on any atom is -0.419 e. The molecule has 5 heteroatoms. The van der Waals surface area contributed by atoms with E-state index in [9.17, 15) is 4.79 Å². The van der Waals surface area contributed by atoms with E-state index >= 15 is 0 Å². The molecule has 0 aromatic heterocycles. The van der Waals surface area contributed by atoms with Gasteiger partial charge >= 0.3 is 6.02 Å². The highest BCUT2D eigenvalue weighted by atomic mass is 16.5. The van der Waals surface area contributed by atoms with Crippen LogP contribution in [0.4, 0.5) is 22.7 Å². The molecule has 1 heterocycles. The van der Waals surface area contributed by atoms with E-state index in [2.05, 4.69) is 60.4 Å². The number of para-hydroxylation sites is 2. The van der Waals surface area contributed by atoms with Crippen LogP contribution in [0.1, 0.15) is 29.2 Å². The Bertz CT molecular complexity index is 1440. The van der Waals surface area contributed by atoms with E-state index in [-0.39, 0.29) is 11.7 Å². The van der Waals surface area contributed by atoms with Crippen LogP contribution in [-0.4, -0.2) is 23.4 Å². The van der Waals surface area contributed by atoms with Crippen LogP contribution in [-0.2, 0) is 9.53 Å². The minimum absolute atomic E-state index is 0.187. The first kappa shape index (κ1) is 25.0. The number of rotatable bonds is 6. The zero-order chi connectivity index (χ0) is 26.6. The monoisotopic (exact) mass is 501 g/mol. The van der Waals surface area contributed by atoms with Crippen molar-refractivity contribution >= 4 is 40.8 Å². The van der Waals surface area contributed by atoms with E-state index in [0.29, 0.717) is 12.6 Å². The molecule has 1 amide bonds. The number of ether oxygens (including phenoxy) is 1. The summed E-state index contributed by atoms with van der Waals surface area (Å²) in [5, 5.41) is 0. The quantitative estimate of drug-likeness (QED) is 0.252. The van der Waals surface area contributed by atoms with Gasteiger partial charge in [-0.2, -0.15) is 4.99 Å². The highest BCUT2D eigenvalue weighted by molar-refractivity contribution is 6.11. The molecule has 0 radical (unpaired) electrons. The molecular formula is C33H31N3O2. The third-order valence-corrected chi connectivity index (χ3v) is 6.52. The van der Waals surface area contributed by atoms with Crippen LogP contribution in [0.5, 0.6) is 0 Å². The predicted molar refractivity (Wildman–Crippen MR) is 155 cm³/mol. The van der Waals surface area contributed by atoms with E-state index in [1.54, 1.807) is 11.0 Å². The molecule has 4 aromatic rings. The first-order valence-corrected chi connectivity index (χ1v) is 12.8. The van der Waals surface area contributed by atoms with Crippen molar-refractivity contribution in [3.8, 4) is 0 Å². The number of hydrogen-bond donors (Lipinski definition) is 0. The summed E-state index contributed by atoms with van der Waals surface area (Å²) < 4.78 is 6.02. The molecule has 0 N–H and O–H groups in total. The second-order valence-corrected chi connectivity index (χ2v) is 9.40. The van der Waals surface area contributed by atoms with Crippen LogP contribution in [0.25, 0.3) is 6.08 Å². The first-order chi connectivity index (χ1) is 18.4. The Hall–Kier alpha value is -4.64. The van der Waals surface area contributed by atoms with Gasteiger partial charge < -0.3 is 9.64 Å². The van der Waals surface area contributed by atoms with E-state index in [4.69, 9.17) is 9.73 Å². The molecule has 1 aliphatic rings. The SMILES string of the molecule is CCN1C(=O)/C(=C\c2ccc(N(c3ccccc3)c3ccccc3)cc2)O/C1=N/c1c(C)cc(C)cc1C. The summed E-state index contributed by atoms with van der Waals surface area (Å²) >= 11 is 0. The third-order valence-electron chi connectivity index (χ3n) is 6.52. The number of likely N-dealkylation sites (N-methyl/N-ethyl adjacent to an activating group) is 1. The van der Waals surface area contributed by atoms with Crippen molar-refractivity contribution < 1.29 is 9.53 Å². The lowest BCUT2D eigenvalue weighted by Crippen LogP contribution is -2.29. The van der Waals surface area contributed by atoms with Gasteiger partial charge in [0.05, 0.1) is 5.69 Å². The fourth-order valence-corrected chi connectivity index (χ4v) is 4.79. The number of aliphatic imine (C=N–C) groups is 1. The van der Waals surface area contributed by atoms with Crippen LogP contribution in [0.15, 0.2) is 108 Å². The van der Waals surface area contributed by atoms with E-state index in [0.717, 1.165) is 39.4 Å². The number of aryl methyl sites for hydroxylation is 3. The topological polar surface area (TPSA) is 45.1 Å². The fraction of sp³-hybridized carbons (Fsp3) is 0.152. The van der Waals surface area contributed by atoms with Gasteiger partial charge in [0, 0.05) is 23.6 Å². The van der Waals surface area contributed by atoms with Crippen molar-refractivity contribution in [2.24, 2.45) is 4.99 Å². The summed E-state index contributed by atoms with van der Waals surface area (Å²) in [6.45, 7) is 8.51. The maximum atomic E-state index is 13.2. The van der Waals surface area contributed by atoms with Crippen LogP contribution >= 0.6 is 0 Å². The number of amides is 1. The van der Waals surface area contributed by atoms with Crippen LogP contribution in [0, 0.1) is 20.8 Å². The number of hydrogen-bond acceptors (Lipinski definition) is 4. The summed E-state index contributed by atoms with van der Waals surface area (Å²) in [5.74, 6) is 0.0803. The molecule has 0 atom stereocenters. The van der Waals surface area contributed by atoms with Gasteiger partial charge in [-0.25, -0.2) is 0 Å². The second-order valence-electron chi connectivity index (χ2n) is 9.40. The summed E-state index contributed by atoms with van der Waals surface area (Å²) in [6.07, 6.45) is 1.78. The molecule has 1 aliphatic heterocycles. The smallest absolute Gasteiger partial charge is 0.305 e. The zero-order valence-corrected chi connectivity index (χ0v) is 22.2. The zero-order valence-electron chi connectivity index (χ0n) is 22.2. The Kier molecular flexibility index (Phi) is 7.09. The Morgan fingerprint density at radius 1 is 0.789 bits per heavy atom. The van der Waals surface area contributed by atoms with E-state index in [1.165, 1.54) is 5.56 Å². The summed E-state index contributed by atoms with van der Waals surface area (Å²) in [6, 6.07) is 33.1. The highest BCUT2D eigenvalue weighted by Gasteiger charge is 2.34. The molecule has 190 valence electrons. The maximum Gasteiger partial charge on any atom is 0.305 e. The number of benzene rings is 4. The molecule has 38 heavy (non-hydrogen) atoms. The molecule has 0 spiro atoms. The number of amidine groups is 1. The lowest BCUT2D eigenvalue weighted by molar-refractivity contribution is -0.122. The summed E-state index contributed by atoms with van der Waals surface area (Å²) in [5.41, 5.74) is 8.16. The van der Waals surface area contributed by atoms with Gasteiger partial charge in [0.2, 0.25) is 0 Å². The Morgan fingerprint density at radius 2 is 1.32 bits per heavy atom. The van der Waals surface area contributed by atoms with Gasteiger partial charge in [-0.3, -0.25) is 9.69 Å². The molecule has 1 saturated heterocycles. The number of nitrogens with zero attached hydrogens (tertiary/aromatic N) is 3. The average molecular weight is 502 g/mol. The molecule has 0 saturated carbocycles. The number of carbonyl (C=O) groups excluding carboxylic acids is 1. The van der Waals surface area contributed by atoms with Crippen LogP contribution in [0.3, 0.4) is 0 Å².